The van der Waals surface area contributed by atoms with Gasteiger partial charge >= 0.3 is 0 Å². The van der Waals surface area contributed by atoms with Crippen molar-refractivity contribution in [3.05, 3.63) is 51.9 Å². The molecular weight excluding hydrogens is 352 g/mol. The van der Waals surface area contributed by atoms with Crippen molar-refractivity contribution in [3.8, 4) is 5.69 Å². The van der Waals surface area contributed by atoms with E-state index in [1.165, 1.54) is 4.68 Å². The molecule has 0 aliphatic carbocycles. The quantitative estimate of drug-likeness (QED) is 0.807. The zero-order chi connectivity index (χ0) is 18.5. The Morgan fingerprint density at radius 1 is 1.15 bits per heavy atom. The van der Waals surface area contributed by atoms with Crippen molar-refractivity contribution in [2.45, 2.75) is 26.2 Å². The van der Waals surface area contributed by atoms with E-state index in [0.717, 1.165) is 12.8 Å². The topological polar surface area (TPSA) is 58.4 Å². The Labute approximate surface area is 158 Å². The van der Waals surface area contributed by atoms with E-state index in [1.807, 2.05) is 40.1 Å². The molecule has 1 aliphatic heterocycles. The molecule has 2 heterocycles. The zero-order valence-corrected chi connectivity index (χ0v) is 15.7. The summed E-state index contributed by atoms with van der Waals surface area (Å²) >= 11 is 6.35. The van der Waals surface area contributed by atoms with E-state index in [2.05, 4.69) is 12.0 Å². The molecule has 0 spiro atoms. The average molecular weight is 375 g/mol. The van der Waals surface area contributed by atoms with Gasteiger partial charge in [-0.1, -0.05) is 43.1 Å². The Kier molecular flexibility index (Phi) is 5.93. The Morgan fingerprint density at radius 3 is 2.50 bits per heavy atom. The number of benzene rings is 1. The Morgan fingerprint density at radius 2 is 1.85 bits per heavy atom. The lowest BCUT2D eigenvalue weighted by atomic mass is 10.2. The van der Waals surface area contributed by atoms with Gasteiger partial charge < -0.3 is 9.80 Å². The molecule has 1 amide bonds. The first-order chi connectivity index (χ1) is 12.6. The maximum absolute atomic E-state index is 12.6. The summed E-state index contributed by atoms with van der Waals surface area (Å²) in [6.07, 6.45) is 4.18. The van der Waals surface area contributed by atoms with Crippen molar-refractivity contribution in [3.63, 3.8) is 0 Å². The minimum Gasteiger partial charge on any atom is -0.365 e. The van der Waals surface area contributed by atoms with E-state index in [4.69, 9.17) is 11.6 Å². The zero-order valence-electron chi connectivity index (χ0n) is 14.9. The second kappa shape index (κ2) is 8.36. The van der Waals surface area contributed by atoms with Crippen LogP contribution in [0.4, 0.5) is 5.69 Å². The predicted molar refractivity (Wildman–Crippen MR) is 103 cm³/mol. The van der Waals surface area contributed by atoms with Crippen molar-refractivity contribution < 1.29 is 4.79 Å². The SMILES string of the molecule is CCCCC(=O)N1CCN(c2cnn(-c3ccccc3)c(=O)c2Cl)CC1. The minimum atomic E-state index is -0.336. The van der Waals surface area contributed by atoms with Gasteiger partial charge in [-0.05, 0) is 18.6 Å². The van der Waals surface area contributed by atoms with E-state index >= 15 is 0 Å². The molecule has 0 saturated carbocycles. The van der Waals surface area contributed by atoms with Crippen molar-refractivity contribution in [2.24, 2.45) is 0 Å². The van der Waals surface area contributed by atoms with Crippen LogP contribution in [0.25, 0.3) is 5.69 Å². The van der Waals surface area contributed by atoms with Crippen molar-refractivity contribution in [1.82, 2.24) is 14.7 Å². The average Bonchev–Trinajstić information content (AvgIpc) is 2.69. The molecule has 1 aliphatic rings. The van der Waals surface area contributed by atoms with Crippen LogP contribution in [0.3, 0.4) is 0 Å². The number of hydrogen-bond acceptors (Lipinski definition) is 4. The molecule has 0 unspecified atom stereocenters. The monoisotopic (exact) mass is 374 g/mol. The van der Waals surface area contributed by atoms with Crippen LogP contribution in [-0.4, -0.2) is 46.8 Å². The van der Waals surface area contributed by atoms with Gasteiger partial charge in [0, 0.05) is 32.6 Å². The first-order valence-electron chi connectivity index (χ1n) is 8.97. The van der Waals surface area contributed by atoms with Crippen LogP contribution < -0.4 is 10.5 Å². The van der Waals surface area contributed by atoms with Gasteiger partial charge in [0.25, 0.3) is 5.56 Å². The lowest BCUT2D eigenvalue weighted by Crippen LogP contribution is -2.49. The molecule has 1 saturated heterocycles. The molecule has 2 aromatic rings. The Balaban J connectivity index is 1.72. The van der Waals surface area contributed by atoms with Crippen LogP contribution in [-0.2, 0) is 4.79 Å². The fourth-order valence-corrected chi connectivity index (χ4v) is 3.33. The second-order valence-electron chi connectivity index (χ2n) is 6.37. The Bertz CT molecular complexity index is 814. The van der Waals surface area contributed by atoms with Gasteiger partial charge in [0.1, 0.15) is 5.02 Å². The summed E-state index contributed by atoms with van der Waals surface area (Å²) in [6, 6.07) is 9.20. The summed E-state index contributed by atoms with van der Waals surface area (Å²) in [7, 11) is 0. The number of unbranched alkanes of at least 4 members (excludes halogenated alkanes) is 1. The normalized spacial score (nSPS) is 14.5. The van der Waals surface area contributed by atoms with Gasteiger partial charge in [0.15, 0.2) is 0 Å². The third-order valence-corrected chi connectivity index (χ3v) is 4.97. The summed E-state index contributed by atoms with van der Waals surface area (Å²) < 4.78 is 1.30. The molecule has 0 radical (unpaired) electrons. The summed E-state index contributed by atoms with van der Waals surface area (Å²) in [4.78, 5) is 28.7. The number of piperazine rings is 1. The lowest BCUT2D eigenvalue weighted by Gasteiger charge is -2.36. The number of aromatic nitrogens is 2. The van der Waals surface area contributed by atoms with Gasteiger partial charge in [-0.25, -0.2) is 0 Å². The van der Waals surface area contributed by atoms with Crippen molar-refractivity contribution in [2.75, 3.05) is 31.1 Å². The predicted octanol–water partition coefficient (Wildman–Crippen LogP) is 2.72. The van der Waals surface area contributed by atoms with Gasteiger partial charge in [-0.15, -0.1) is 0 Å². The first-order valence-corrected chi connectivity index (χ1v) is 9.35. The van der Waals surface area contributed by atoms with Crippen LogP contribution in [0.1, 0.15) is 26.2 Å². The molecule has 26 heavy (non-hydrogen) atoms. The highest BCUT2D eigenvalue weighted by molar-refractivity contribution is 6.33. The van der Waals surface area contributed by atoms with Gasteiger partial charge in [-0.2, -0.15) is 9.78 Å². The summed E-state index contributed by atoms with van der Waals surface area (Å²) in [5.74, 6) is 0.204. The number of anilines is 1. The third kappa shape index (κ3) is 3.90. The summed E-state index contributed by atoms with van der Waals surface area (Å²) in [5, 5.41) is 4.44. The standard InChI is InChI=1S/C19H23ClN4O2/c1-2-3-9-17(25)23-12-10-22(11-13-23)16-14-21-24(19(26)18(16)20)15-7-5-4-6-8-15/h4-8,14H,2-3,9-13H2,1H3. The van der Waals surface area contributed by atoms with Crippen LogP contribution in [0.15, 0.2) is 41.3 Å². The van der Waals surface area contributed by atoms with Crippen molar-refractivity contribution >= 4 is 23.2 Å². The summed E-state index contributed by atoms with van der Waals surface area (Å²) in [6.45, 7) is 4.65. The van der Waals surface area contributed by atoms with Crippen LogP contribution in [0, 0.1) is 0 Å². The smallest absolute Gasteiger partial charge is 0.292 e. The number of rotatable bonds is 5. The highest BCUT2D eigenvalue weighted by Gasteiger charge is 2.23. The number of amides is 1. The van der Waals surface area contributed by atoms with E-state index in [1.54, 1.807) is 6.20 Å². The molecule has 3 rings (SSSR count). The number of carbonyl (C=O) groups is 1. The van der Waals surface area contributed by atoms with E-state index in [0.29, 0.717) is 44.0 Å². The Hall–Kier alpha value is -2.34. The fourth-order valence-electron chi connectivity index (χ4n) is 3.08. The molecular formula is C19H23ClN4O2. The first kappa shape index (κ1) is 18.5. The molecule has 1 aromatic heterocycles. The van der Waals surface area contributed by atoms with E-state index in [-0.39, 0.29) is 16.5 Å². The molecule has 0 N–H and O–H groups in total. The molecule has 0 bridgehead atoms. The molecule has 138 valence electrons. The van der Waals surface area contributed by atoms with Crippen LogP contribution in [0.2, 0.25) is 5.02 Å². The summed E-state index contributed by atoms with van der Waals surface area (Å²) in [5.41, 5.74) is 0.971. The molecule has 6 nitrogen and oxygen atoms in total. The number of carbonyl (C=O) groups excluding carboxylic acids is 1. The number of nitrogens with zero attached hydrogens (tertiary/aromatic N) is 4. The molecule has 1 fully saturated rings. The van der Waals surface area contributed by atoms with Crippen LogP contribution >= 0.6 is 11.6 Å². The highest BCUT2D eigenvalue weighted by Crippen LogP contribution is 2.23. The number of para-hydroxylation sites is 1. The van der Waals surface area contributed by atoms with Crippen molar-refractivity contribution in [1.29, 1.82) is 0 Å². The minimum absolute atomic E-state index is 0.162. The molecule has 0 atom stereocenters. The largest absolute Gasteiger partial charge is 0.365 e. The van der Waals surface area contributed by atoms with E-state index in [9.17, 15) is 9.59 Å². The highest BCUT2D eigenvalue weighted by atomic mass is 35.5. The van der Waals surface area contributed by atoms with Crippen LogP contribution in [0.5, 0.6) is 0 Å². The molecule has 7 heteroatoms. The second-order valence-corrected chi connectivity index (χ2v) is 6.75. The number of halogens is 1. The molecule has 1 aromatic carbocycles. The third-order valence-electron chi connectivity index (χ3n) is 4.62. The maximum Gasteiger partial charge on any atom is 0.292 e. The van der Waals surface area contributed by atoms with Gasteiger partial charge in [0.05, 0.1) is 17.6 Å². The van der Waals surface area contributed by atoms with E-state index < -0.39 is 0 Å². The van der Waals surface area contributed by atoms with Gasteiger partial charge in [0.2, 0.25) is 5.91 Å². The maximum atomic E-state index is 12.6. The lowest BCUT2D eigenvalue weighted by molar-refractivity contribution is -0.131. The number of hydrogen-bond donors (Lipinski definition) is 0. The fraction of sp³-hybridized carbons (Fsp3) is 0.421. The van der Waals surface area contributed by atoms with Gasteiger partial charge in [-0.3, -0.25) is 9.59 Å².